The van der Waals surface area contributed by atoms with E-state index in [4.69, 9.17) is 4.52 Å². The van der Waals surface area contributed by atoms with E-state index in [0.717, 1.165) is 12.1 Å². The zero-order chi connectivity index (χ0) is 16.5. The van der Waals surface area contributed by atoms with Crippen molar-refractivity contribution >= 4 is 9.84 Å². The van der Waals surface area contributed by atoms with Crippen LogP contribution in [0.25, 0.3) is 0 Å². The Morgan fingerprint density at radius 1 is 1.32 bits per heavy atom. The summed E-state index contributed by atoms with van der Waals surface area (Å²) >= 11 is 0. The number of benzene rings is 1. The molecule has 9 heteroatoms. The van der Waals surface area contributed by atoms with Gasteiger partial charge in [0.25, 0.3) is 0 Å². The monoisotopic (exact) mass is 334 g/mol. The minimum atomic E-state index is -4.52. The summed E-state index contributed by atoms with van der Waals surface area (Å²) in [6.45, 7) is 2.90. The summed E-state index contributed by atoms with van der Waals surface area (Å²) in [7, 11) is -3.78. The van der Waals surface area contributed by atoms with Crippen LogP contribution in [0.3, 0.4) is 0 Å². The summed E-state index contributed by atoms with van der Waals surface area (Å²) in [6.07, 6.45) is -4.52. The van der Waals surface area contributed by atoms with Crippen molar-refractivity contribution in [1.82, 2.24) is 10.1 Å². The Hall–Kier alpha value is -1.90. The molecule has 0 fully saturated rings. The SMILES string of the molecule is Cc1noc([C@H](C)S(=O)(=O)Cc2cccc(C(F)(F)F)c2)n1. The second-order valence-electron chi connectivity index (χ2n) is 4.83. The minimum absolute atomic E-state index is 0.0536. The van der Waals surface area contributed by atoms with Crippen molar-refractivity contribution in [2.24, 2.45) is 0 Å². The van der Waals surface area contributed by atoms with Gasteiger partial charge in [-0.15, -0.1) is 0 Å². The van der Waals surface area contributed by atoms with Crippen LogP contribution in [0.1, 0.15) is 35.0 Å². The predicted octanol–water partition coefficient (Wildman–Crippen LogP) is 3.07. The predicted molar refractivity (Wildman–Crippen MR) is 71.5 cm³/mol. The Labute approximate surface area is 125 Å². The van der Waals surface area contributed by atoms with E-state index in [-0.39, 0.29) is 17.3 Å². The highest BCUT2D eigenvalue weighted by Gasteiger charge is 2.32. The first-order valence-corrected chi connectivity index (χ1v) is 7.99. The Balaban J connectivity index is 2.25. The van der Waals surface area contributed by atoms with Crippen LogP contribution >= 0.6 is 0 Å². The van der Waals surface area contributed by atoms with Crippen LogP contribution in [0.15, 0.2) is 28.8 Å². The lowest BCUT2D eigenvalue weighted by molar-refractivity contribution is -0.137. The summed E-state index contributed by atoms with van der Waals surface area (Å²) in [4.78, 5) is 3.84. The fraction of sp³-hybridized carbons (Fsp3) is 0.385. The molecule has 0 spiro atoms. The van der Waals surface area contributed by atoms with E-state index in [0.29, 0.717) is 0 Å². The van der Waals surface area contributed by atoms with Gasteiger partial charge in [0.05, 0.1) is 11.3 Å². The van der Waals surface area contributed by atoms with Gasteiger partial charge in [-0.05, 0) is 25.5 Å². The molecule has 0 saturated heterocycles. The average Bonchev–Trinajstić information content (AvgIpc) is 2.83. The number of sulfone groups is 1. The van der Waals surface area contributed by atoms with Gasteiger partial charge in [0, 0.05) is 0 Å². The largest absolute Gasteiger partial charge is 0.416 e. The third kappa shape index (κ3) is 3.65. The van der Waals surface area contributed by atoms with Crippen molar-refractivity contribution in [3.05, 3.63) is 47.1 Å². The molecule has 1 heterocycles. The minimum Gasteiger partial charge on any atom is -0.338 e. The molecule has 22 heavy (non-hydrogen) atoms. The summed E-state index contributed by atoms with van der Waals surface area (Å²) < 4.78 is 67.3. The second-order valence-corrected chi connectivity index (χ2v) is 7.15. The molecular weight excluding hydrogens is 321 g/mol. The Kier molecular flexibility index (Phi) is 4.28. The molecule has 0 aliphatic rings. The third-order valence-electron chi connectivity index (χ3n) is 3.05. The molecule has 0 aliphatic heterocycles. The topological polar surface area (TPSA) is 73.1 Å². The molecule has 1 aromatic heterocycles. The fourth-order valence-corrected chi connectivity index (χ4v) is 3.12. The number of hydrogen-bond acceptors (Lipinski definition) is 5. The lowest BCUT2D eigenvalue weighted by Crippen LogP contribution is -2.14. The highest BCUT2D eigenvalue weighted by atomic mass is 32.2. The van der Waals surface area contributed by atoms with Gasteiger partial charge in [0.2, 0.25) is 5.89 Å². The molecule has 1 atom stereocenters. The Morgan fingerprint density at radius 3 is 2.55 bits per heavy atom. The smallest absolute Gasteiger partial charge is 0.338 e. The normalized spacial score (nSPS) is 14.0. The zero-order valence-corrected chi connectivity index (χ0v) is 12.6. The molecule has 0 amide bonds. The first-order chi connectivity index (χ1) is 10.1. The van der Waals surface area contributed by atoms with Crippen LogP contribution in [0.2, 0.25) is 0 Å². The van der Waals surface area contributed by atoms with Gasteiger partial charge in [-0.1, -0.05) is 23.4 Å². The molecule has 1 aromatic carbocycles. The van der Waals surface area contributed by atoms with Crippen molar-refractivity contribution in [3.63, 3.8) is 0 Å². The molecule has 2 aromatic rings. The molecule has 0 N–H and O–H groups in total. The van der Waals surface area contributed by atoms with Crippen LogP contribution < -0.4 is 0 Å². The van der Waals surface area contributed by atoms with Crippen molar-refractivity contribution in [2.45, 2.75) is 31.0 Å². The molecule has 0 aliphatic carbocycles. The van der Waals surface area contributed by atoms with Gasteiger partial charge in [0.1, 0.15) is 5.25 Å². The Morgan fingerprint density at radius 2 is 2.00 bits per heavy atom. The zero-order valence-electron chi connectivity index (χ0n) is 11.8. The number of halogens is 3. The van der Waals surface area contributed by atoms with Crippen LogP contribution in [0.5, 0.6) is 0 Å². The number of hydrogen-bond donors (Lipinski definition) is 0. The van der Waals surface area contributed by atoms with Crippen LogP contribution in [0, 0.1) is 6.92 Å². The molecule has 0 unspecified atom stereocenters. The van der Waals surface area contributed by atoms with Gasteiger partial charge < -0.3 is 4.52 Å². The van der Waals surface area contributed by atoms with E-state index in [1.54, 1.807) is 6.92 Å². The lowest BCUT2D eigenvalue weighted by atomic mass is 10.1. The van der Waals surface area contributed by atoms with E-state index < -0.39 is 32.6 Å². The lowest BCUT2D eigenvalue weighted by Gasteiger charge is -2.11. The molecule has 5 nitrogen and oxygen atoms in total. The summed E-state index contributed by atoms with van der Waals surface area (Å²) in [5.41, 5.74) is -0.834. The summed E-state index contributed by atoms with van der Waals surface area (Å²) in [5.74, 6) is -0.333. The fourth-order valence-electron chi connectivity index (χ4n) is 1.83. The van der Waals surface area contributed by atoms with E-state index in [9.17, 15) is 21.6 Å². The molecule has 2 rings (SSSR count). The number of nitrogens with zero attached hydrogens (tertiary/aromatic N) is 2. The maximum Gasteiger partial charge on any atom is 0.416 e. The number of aromatic nitrogens is 2. The highest BCUT2D eigenvalue weighted by Crippen LogP contribution is 2.31. The first kappa shape index (κ1) is 16.5. The average molecular weight is 334 g/mol. The van der Waals surface area contributed by atoms with Crippen LogP contribution in [0.4, 0.5) is 13.2 Å². The van der Waals surface area contributed by atoms with Gasteiger partial charge >= 0.3 is 6.18 Å². The highest BCUT2D eigenvalue weighted by molar-refractivity contribution is 7.90. The quantitative estimate of drug-likeness (QED) is 0.859. The third-order valence-corrected chi connectivity index (χ3v) is 5.07. The Bertz CT molecular complexity index is 769. The van der Waals surface area contributed by atoms with Gasteiger partial charge in [-0.2, -0.15) is 18.2 Å². The number of alkyl halides is 3. The number of rotatable bonds is 4. The van der Waals surface area contributed by atoms with Crippen molar-refractivity contribution < 1.29 is 26.1 Å². The maximum absolute atomic E-state index is 12.6. The van der Waals surface area contributed by atoms with Gasteiger partial charge in [-0.3, -0.25) is 0 Å². The van der Waals surface area contributed by atoms with E-state index in [1.165, 1.54) is 19.1 Å². The second kappa shape index (κ2) is 5.71. The van der Waals surface area contributed by atoms with Gasteiger partial charge in [0.15, 0.2) is 15.7 Å². The molecule has 0 bridgehead atoms. The van der Waals surface area contributed by atoms with E-state index in [1.807, 2.05) is 0 Å². The molecule has 0 radical (unpaired) electrons. The van der Waals surface area contributed by atoms with E-state index >= 15 is 0 Å². The number of aryl methyl sites for hydroxylation is 1. The van der Waals surface area contributed by atoms with Crippen molar-refractivity contribution in [3.8, 4) is 0 Å². The first-order valence-electron chi connectivity index (χ1n) is 6.27. The van der Waals surface area contributed by atoms with Crippen LogP contribution in [-0.2, 0) is 21.8 Å². The molecule has 0 saturated carbocycles. The van der Waals surface area contributed by atoms with Crippen molar-refractivity contribution in [2.75, 3.05) is 0 Å². The summed E-state index contributed by atoms with van der Waals surface area (Å²) in [5, 5.41) is 2.41. The van der Waals surface area contributed by atoms with Crippen LogP contribution in [-0.4, -0.2) is 18.6 Å². The van der Waals surface area contributed by atoms with Gasteiger partial charge in [-0.25, -0.2) is 8.42 Å². The molecule has 120 valence electrons. The standard InChI is InChI=1S/C13H13F3N2O3S/c1-8(12-17-9(2)18-21-12)22(19,20)7-10-4-3-5-11(6-10)13(14,15)16/h3-6,8H,7H2,1-2H3/t8-/m0/s1. The summed E-state index contributed by atoms with van der Waals surface area (Å²) in [6, 6.07) is 4.22. The molecular formula is C13H13F3N2O3S. The van der Waals surface area contributed by atoms with E-state index in [2.05, 4.69) is 10.1 Å². The maximum atomic E-state index is 12.6. The van der Waals surface area contributed by atoms with Crippen molar-refractivity contribution in [1.29, 1.82) is 0 Å².